The van der Waals surface area contributed by atoms with Crippen molar-refractivity contribution in [1.82, 2.24) is 0 Å². The standard InChI is InChI=1S/C6H8O.C3H7.CH4.Y/c1-2-3-4-5-6-7;1-3-2;;/h2-3H,1,4-5H2;3H,1-2H3;1H4;/q-2;-1;;+3. The van der Waals surface area contributed by atoms with E-state index >= 15 is 0 Å². The Morgan fingerprint density at radius 3 is 2.17 bits per heavy atom. The van der Waals surface area contributed by atoms with E-state index in [1.54, 1.807) is 12.4 Å². The average Bonchev–Trinajstić information content (AvgIpc) is 1.91. The maximum atomic E-state index is 9.50. The van der Waals surface area contributed by atoms with Gasteiger partial charge >= 0.3 is 32.7 Å². The smallest absolute Gasteiger partial charge is 0.542 e. The second kappa shape index (κ2) is 30.1. The second-order valence-electron chi connectivity index (χ2n) is 1.73. The maximum absolute atomic E-state index is 9.50. The molecule has 0 aliphatic heterocycles. The summed E-state index contributed by atoms with van der Waals surface area (Å²) < 4.78 is 0. The zero-order valence-corrected chi connectivity index (χ0v) is 10.2. The molecule has 0 saturated heterocycles. The SMILES string of the molecule is C.C[CH-]C.[CH2-]C=CCC[C-]=O.[Y+3]. The predicted molar refractivity (Wildman–Crippen MR) is 51.8 cm³/mol. The summed E-state index contributed by atoms with van der Waals surface area (Å²) in [5, 5.41) is 0. The molecule has 2 heteroatoms. The van der Waals surface area contributed by atoms with E-state index in [0.29, 0.717) is 6.42 Å². The fourth-order valence-corrected chi connectivity index (χ4v) is 0.260. The molecule has 0 aliphatic rings. The van der Waals surface area contributed by atoms with E-state index in [4.69, 9.17) is 0 Å². The Kier molecular flexibility index (Phi) is 57.3. The molecule has 0 atom stereocenters. The summed E-state index contributed by atoms with van der Waals surface area (Å²) >= 11 is 0. The van der Waals surface area contributed by atoms with Crippen LogP contribution in [0.2, 0.25) is 0 Å². The Morgan fingerprint density at radius 1 is 1.50 bits per heavy atom. The van der Waals surface area contributed by atoms with Crippen molar-refractivity contribution in [1.29, 1.82) is 0 Å². The molecule has 0 heterocycles. The minimum absolute atomic E-state index is 0. The first-order valence-corrected chi connectivity index (χ1v) is 3.36. The zero-order chi connectivity index (χ0) is 8.24. The minimum Gasteiger partial charge on any atom is -0.542 e. The van der Waals surface area contributed by atoms with Crippen molar-refractivity contribution in [2.45, 2.75) is 34.1 Å². The first-order chi connectivity index (χ1) is 4.83. The van der Waals surface area contributed by atoms with E-state index in [2.05, 4.69) is 6.92 Å². The van der Waals surface area contributed by atoms with Crippen molar-refractivity contribution in [2.75, 3.05) is 0 Å². The molecular formula is C10H19OY. The Bertz CT molecular complexity index is 79.9. The molecule has 68 valence electrons. The second-order valence-corrected chi connectivity index (χ2v) is 1.73. The Balaban J connectivity index is -0.0000000569. The van der Waals surface area contributed by atoms with Gasteiger partial charge in [-0.1, -0.05) is 7.43 Å². The molecule has 0 aromatic rings. The molecular weight excluding hydrogens is 225 g/mol. The number of hydrogen-bond donors (Lipinski definition) is 0. The summed E-state index contributed by atoms with van der Waals surface area (Å²) in [6.45, 7) is 7.45. The molecule has 0 aliphatic carbocycles. The van der Waals surface area contributed by atoms with Crippen molar-refractivity contribution < 1.29 is 37.5 Å². The Morgan fingerprint density at radius 2 is 1.92 bits per heavy atom. The van der Waals surface area contributed by atoms with Crippen molar-refractivity contribution >= 4 is 6.29 Å². The van der Waals surface area contributed by atoms with Crippen LogP contribution < -0.4 is 0 Å². The summed E-state index contributed by atoms with van der Waals surface area (Å²) in [5.74, 6) is 0. The molecule has 0 radical (unpaired) electrons. The van der Waals surface area contributed by atoms with Gasteiger partial charge in [0.05, 0.1) is 0 Å². The molecule has 0 spiro atoms. The topological polar surface area (TPSA) is 17.1 Å². The van der Waals surface area contributed by atoms with Crippen molar-refractivity contribution in [3.05, 3.63) is 25.5 Å². The summed E-state index contributed by atoms with van der Waals surface area (Å²) in [4.78, 5) is 9.50. The van der Waals surface area contributed by atoms with Gasteiger partial charge in [-0.2, -0.15) is 20.3 Å². The number of rotatable bonds is 3. The fraction of sp³-hybridized carbons (Fsp3) is 0.500. The number of carbonyl (C=O) groups excluding carboxylic acids is 1. The largest absolute Gasteiger partial charge is 3.00 e. The van der Waals surface area contributed by atoms with Gasteiger partial charge in [0, 0.05) is 0 Å². The van der Waals surface area contributed by atoms with E-state index in [1.165, 1.54) is 0 Å². The summed E-state index contributed by atoms with van der Waals surface area (Å²) in [7, 11) is 0. The van der Waals surface area contributed by atoms with Crippen LogP contribution in [0.5, 0.6) is 0 Å². The number of unbranched alkanes of at least 4 members (excludes halogenated alkanes) is 1. The van der Waals surface area contributed by atoms with Crippen LogP contribution in [0.3, 0.4) is 0 Å². The zero-order valence-electron chi connectivity index (χ0n) is 7.34. The van der Waals surface area contributed by atoms with Gasteiger partial charge in [0.2, 0.25) is 0 Å². The molecule has 0 unspecified atom stereocenters. The van der Waals surface area contributed by atoms with Crippen LogP contribution in [-0.4, -0.2) is 6.29 Å². The summed E-state index contributed by atoms with van der Waals surface area (Å²) in [6, 6.07) is 0. The van der Waals surface area contributed by atoms with E-state index in [0.717, 1.165) is 6.42 Å². The van der Waals surface area contributed by atoms with Crippen LogP contribution in [0.15, 0.2) is 12.2 Å². The molecule has 0 aromatic carbocycles. The van der Waals surface area contributed by atoms with Gasteiger partial charge in [0.15, 0.2) is 0 Å². The van der Waals surface area contributed by atoms with Crippen molar-refractivity contribution in [3.63, 3.8) is 0 Å². The molecule has 0 amide bonds. The third kappa shape index (κ3) is 47.6. The monoisotopic (exact) mass is 244 g/mol. The Hall–Kier alpha value is 0.384. The van der Waals surface area contributed by atoms with Gasteiger partial charge in [-0.05, 0) is 0 Å². The normalized spacial score (nSPS) is 7.17. The molecule has 0 rings (SSSR count). The first-order valence-electron chi connectivity index (χ1n) is 3.36. The van der Waals surface area contributed by atoms with E-state index in [1.807, 2.05) is 26.3 Å². The van der Waals surface area contributed by atoms with Crippen LogP contribution >= 0.6 is 0 Å². The third-order valence-electron chi connectivity index (χ3n) is 0.580. The Labute approximate surface area is 103 Å². The average molecular weight is 244 g/mol. The van der Waals surface area contributed by atoms with E-state index in [-0.39, 0.29) is 40.1 Å². The van der Waals surface area contributed by atoms with Gasteiger partial charge in [-0.3, -0.25) is 6.29 Å². The van der Waals surface area contributed by atoms with Gasteiger partial charge < -0.3 is 11.2 Å². The van der Waals surface area contributed by atoms with Crippen molar-refractivity contribution in [2.24, 2.45) is 0 Å². The third-order valence-corrected chi connectivity index (χ3v) is 0.580. The van der Waals surface area contributed by atoms with E-state index < -0.39 is 0 Å². The van der Waals surface area contributed by atoms with Crippen LogP contribution in [-0.2, 0) is 37.5 Å². The molecule has 12 heavy (non-hydrogen) atoms. The number of allylic oxidation sites excluding steroid dienone is 2. The molecule has 0 fully saturated rings. The van der Waals surface area contributed by atoms with Gasteiger partial charge in [-0.15, -0.1) is 6.42 Å². The van der Waals surface area contributed by atoms with E-state index in [9.17, 15) is 4.79 Å². The van der Waals surface area contributed by atoms with Gasteiger partial charge in [-0.25, -0.2) is 19.1 Å². The van der Waals surface area contributed by atoms with Crippen molar-refractivity contribution in [3.8, 4) is 0 Å². The van der Waals surface area contributed by atoms with Crippen LogP contribution in [0, 0.1) is 13.3 Å². The van der Waals surface area contributed by atoms with Crippen LogP contribution in [0.1, 0.15) is 34.1 Å². The molecule has 0 saturated carbocycles. The summed E-state index contributed by atoms with van der Waals surface area (Å²) in [6.07, 6.45) is 8.55. The summed E-state index contributed by atoms with van der Waals surface area (Å²) in [5.41, 5.74) is 0. The fourth-order valence-electron chi connectivity index (χ4n) is 0.260. The number of hydrogen-bond acceptors (Lipinski definition) is 1. The predicted octanol–water partition coefficient (Wildman–Crippen LogP) is 3.13. The van der Waals surface area contributed by atoms with Gasteiger partial charge in [0.25, 0.3) is 0 Å². The quantitative estimate of drug-likeness (QED) is 0.550. The molecule has 0 bridgehead atoms. The van der Waals surface area contributed by atoms with Crippen LogP contribution in [0.4, 0.5) is 0 Å². The van der Waals surface area contributed by atoms with Gasteiger partial charge in [0.1, 0.15) is 0 Å². The molecule has 1 nitrogen and oxygen atoms in total. The molecule has 0 aromatic heterocycles. The van der Waals surface area contributed by atoms with Crippen LogP contribution in [0.25, 0.3) is 0 Å². The molecule has 0 N–H and O–H groups in total. The first kappa shape index (κ1) is 22.8. The minimum atomic E-state index is 0. The maximum Gasteiger partial charge on any atom is 3.00 e.